The molecule has 1 aliphatic rings. The first-order chi connectivity index (χ1) is 12.7. The summed E-state index contributed by atoms with van der Waals surface area (Å²) in [6, 6.07) is 4.19. The predicted molar refractivity (Wildman–Crippen MR) is 95.6 cm³/mol. The Morgan fingerprint density at radius 1 is 1.23 bits per heavy atom. The number of pyridine rings is 2. The molecular formula is C18H15N7O. The Morgan fingerprint density at radius 3 is 2.81 bits per heavy atom. The number of hydrogen-bond donors (Lipinski definition) is 2. The Bertz CT molecular complexity index is 1180. The standard InChI is InChI=1S/C18H15N7O/c1-25-9-11(5-23-25)10-2-13-16-15(24-18(13)22-4-10)8-21-14(3-19)17(16)26-12-6-20-7-12/h2,4-5,8-9,12,20H,6-7H2,1H3,(H,22,24). The lowest BCUT2D eigenvalue weighted by Crippen LogP contribution is -2.50. The van der Waals surface area contributed by atoms with Gasteiger partial charge in [-0.15, -0.1) is 0 Å². The number of aromatic amines is 1. The first-order valence-electron chi connectivity index (χ1n) is 8.30. The Labute approximate surface area is 148 Å². The van der Waals surface area contributed by atoms with E-state index in [-0.39, 0.29) is 11.8 Å². The van der Waals surface area contributed by atoms with Gasteiger partial charge in [-0.05, 0) is 6.07 Å². The summed E-state index contributed by atoms with van der Waals surface area (Å²) in [7, 11) is 1.88. The van der Waals surface area contributed by atoms with Crippen LogP contribution in [-0.4, -0.2) is 43.9 Å². The van der Waals surface area contributed by atoms with E-state index in [1.165, 1.54) is 0 Å². The highest BCUT2D eigenvalue weighted by molar-refractivity contribution is 6.10. The van der Waals surface area contributed by atoms with E-state index in [9.17, 15) is 5.26 Å². The monoisotopic (exact) mass is 345 g/mol. The molecule has 4 aromatic rings. The van der Waals surface area contributed by atoms with Crippen molar-refractivity contribution in [1.29, 1.82) is 5.26 Å². The zero-order valence-corrected chi connectivity index (χ0v) is 14.0. The third-order valence-electron chi connectivity index (χ3n) is 4.62. The van der Waals surface area contributed by atoms with Gasteiger partial charge in [0, 0.05) is 49.0 Å². The van der Waals surface area contributed by atoms with Crippen molar-refractivity contribution in [2.45, 2.75) is 6.10 Å². The fourth-order valence-corrected chi connectivity index (χ4v) is 3.17. The van der Waals surface area contributed by atoms with Gasteiger partial charge >= 0.3 is 0 Å². The van der Waals surface area contributed by atoms with Crippen LogP contribution in [0.15, 0.2) is 30.9 Å². The van der Waals surface area contributed by atoms with E-state index in [0.717, 1.165) is 46.2 Å². The Hall–Kier alpha value is -3.44. The lowest BCUT2D eigenvalue weighted by atomic mass is 10.1. The maximum Gasteiger partial charge on any atom is 0.183 e. The SMILES string of the molecule is Cn1cc(-c2cnc3[nH]c4cnc(C#N)c(OC5CNC5)c4c3c2)cn1. The van der Waals surface area contributed by atoms with Crippen molar-refractivity contribution in [3.8, 4) is 22.9 Å². The lowest BCUT2D eigenvalue weighted by molar-refractivity contribution is 0.143. The van der Waals surface area contributed by atoms with Crippen molar-refractivity contribution in [2.24, 2.45) is 7.05 Å². The zero-order chi connectivity index (χ0) is 17.7. The maximum atomic E-state index is 9.48. The van der Waals surface area contributed by atoms with Crippen LogP contribution in [0.5, 0.6) is 5.75 Å². The molecule has 1 saturated heterocycles. The molecule has 2 N–H and O–H groups in total. The molecule has 4 aromatic heterocycles. The Morgan fingerprint density at radius 2 is 2.12 bits per heavy atom. The molecule has 0 aliphatic carbocycles. The number of nitrogens with zero attached hydrogens (tertiary/aromatic N) is 5. The molecule has 0 unspecified atom stereocenters. The fraction of sp³-hybridized carbons (Fsp3) is 0.222. The molecule has 5 rings (SSSR count). The van der Waals surface area contributed by atoms with Crippen LogP contribution < -0.4 is 10.1 Å². The summed E-state index contributed by atoms with van der Waals surface area (Å²) in [5, 5.41) is 18.6. The number of ether oxygens (including phenoxy) is 1. The van der Waals surface area contributed by atoms with E-state index in [2.05, 4.69) is 31.4 Å². The minimum Gasteiger partial charge on any atom is -0.484 e. The van der Waals surface area contributed by atoms with E-state index in [0.29, 0.717) is 5.75 Å². The van der Waals surface area contributed by atoms with E-state index in [1.807, 2.05) is 25.5 Å². The van der Waals surface area contributed by atoms with Gasteiger partial charge in [0.25, 0.3) is 0 Å². The molecule has 1 aliphatic heterocycles. The topological polar surface area (TPSA) is 104 Å². The zero-order valence-electron chi connectivity index (χ0n) is 14.0. The molecule has 0 spiro atoms. The Kier molecular flexibility index (Phi) is 3.17. The average molecular weight is 345 g/mol. The summed E-state index contributed by atoms with van der Waals surface area (Å²) < 4.78 is 7.84. The summed E-state index contributed by atoms with van der Waals surface area (Å²) in [6.07, 6.45) is 7.26. The molecule has 0 atom stereocenters. The summed E-state index contributed by atoms with van der Waals surface area (Å²) >= 11 is 0. The first kappa shape index (κ1) is 14.9. The third kappa shape index (κ3) is 2.22. The van der Waals surface area contributed by atoms with Gasteiger partial charge in [-0.2, -0.15) is 10.4 Å². The van der Waals surface area contributed by atoms with Crippen molar-refractivity contribution in [1.82, 2.24) is 30.0 Å². The molecule has 0 saturated carbocycles. The summed E-state index contributed by atoms with van der Waals surface area (Å²) in [5.41, 5.74) is 3.77. The summed E-state index contributed by atoms with van der Waals surface area (Å²) in [6.45, 7) is 1.53. The molecule has 128 valence electrons. The molecule has 0 amide bonds. The van der Waals surface area contributed by atoms with Gasteiger partial charge in [0.15, 0.2) is 11.4 Å². The highest BCUT2D eigenvalue weighted by Crippen LogP contribution is 2.36. The van der Waals surface area contributed by atoms with Gasteiger partial charge in [0.1, 0.15) is 17.8 Å². The number of hydrogen-bond acceptors (Lipinski definition) is 6. The normalized spacial score (nSPS) is 14.5. The molecule has 0 radical (unpaired) electrons. The highest BCUT2D eigenvalue weighted by Gasteiger charge is 2.24. The van der Waals surface area contributed by atoms with Crippen LogP contribution >= 0.6 is 0 Å². The second kappa shape index (κ2) is 5.54. The Balaban J connectivity index is 1.76. The average Bonchev–Trinajstić information content (AvgIpc) is 3.20. The molecule has 8 nitrogen and oxygen atoms in total. The molecule has 1 fully saturated rings. The van der Waals surface area contributed by atoms with E-state index in [1.54, 1.807) is 17.1 Å². The third-order valence-corrected chi connectivity index (χ3v) is 4.62. The van der Waals surface area contributed by atoms with Crippen LogP contribution in [0, 0.1) is 11.3 Å². The van der Waals surface area contributed by atoms with Gasteiger partial charge in [-0.25, -0.2) is 9.97 Å². The van der Waals surface area contributed by atoms with Crippen molar-refractivity contribution in [3.63, 3.8) is 0 Å². The van der Waals surface area contributed by atoms with Crippen molar-refractivity contribution < 1.29 is 4.74 Å². The minimum absolute atomic E-state index is 0.0499. The number of H-pyrrole nitrogens is 1. The largest absolute Gasteiger partial charge is 0.484 e. The number of nitrogens with one attached hydrogen (secondary N) is 2. The second-order valence-corrected chi connectivity index (χ2v) is 6.38. The minimum atomic E-state index is 0.0499. The number of nitriles is 1. The predicted octanol–water partition coefficient (Wildman–Crippen LogP) is 1.73. The van der Waals surface area contributed by atoms with Crippen molar-refractivity contribution in [3.05, 3.63) is 36.5 Å². The van der Waals surface area contributed by atoms with Crippen LogP contribution in [0.2, 0.25) is 0 Å². The molecule has 0 bridgehead atoms. The van der Waals surface area contributed by atoms with E-state index < -0.39 is 0 Å². The van der Waals surface area contributed by atoms with E-state index >= 15 is 0 Å². The van der Waals surface area contributed by atoms with Gasteiger partial charge in [-0.1, -0.05) is 0 Å². The van der Waals surface area contributed by atoms with Crippen molar-refractivity contribution >= 4 is 21.9 Å². The quantitative estimate of drug-likeness (QED) is 0.586. The fourth-order valence-electron chi connectivity index (χ4n) is 3.17. The maximum absolute atomic E-state index is 9.48. The van der Waals surface area contributed by atoms with Crippen molar-refractivity contribution in [2.75, 3.05) is 13.1 Å². The van der Waals surface area contributed by atoms with Gasteiger partial charge < -0.3 is 15.0 Å². The second-order valence-electron chi connectivity index (χ2n) is 6.38. The molecular weight excluding hydrogens is 330 g/mol. The smallest absolute Gasteiger partial charge is 0.183 e. The molecule has 26 heavy (non-hydrogen) atoms. The molecule has 5 heterocycles. The number of aryl methyl sites for hydroxylation is 1. The van der Waals surface area contributed by atoms with Gasteiger partial charge in [0.05, 0.1) is 23.3 Å². The van der Waals surface area contributed by atoms with E-state index in [4.69, 9.17) is 4.74 Å². The molecule has 0 aromatic carbocycles. The van der Waals surface area contributed by atoms with Gasteiger partial charge in [0.2, 0.25) is 0 Å². The lowest BCUT2D eigenvalue weighted by Gasteiger charge is -2.28. The number of fused-ring (bicyclic) bond motifs is 3. The number of aromatic nitrogens is 5. The van der Waals surface area contributed by atoms with Crippen LogP contribution in [0.25, 0.3) is 33.1 Å². The summed E-state index contributed by atoms with van der Waals surface area (Å²) in [4.78, 5) is 12.0. The van der Waals surface area contributed by atoms with Gasteiger partial charge in [-0.3, -0.25) is 4.68 Å². The van der Waals surface area contributed by atoms with Crippen LogP contribution in [0.1, 0.15) is 5.69 Å². The van der Waals surface area contributed by atoms with Crippen LogP contribution in [0.4, 0.5) is 0 Å². The summed E-state index contributed by atoms with van der Waals surface area (Å²) in [5.74, 6) is 0.521. The molecule has 8 heteroatoms. The number of rotatable bonds is 3. The van der Waals surface area contributed by atoms with Crippen LogP contribution in [0.3, 0.4) is 0 Å². The first-order valence-corrected chi connectivity index (χ1v) is 8.30. The van der Waals surface area contributed by atoms with Crippen LogP contribution in [-0.2, 0) is 7.05 Å². The highest BCUT2D eigenvalue weighted by atomic mass is 16.5.